The second kappa shape index (κ2) is 14.2. The standard InChI is InChI=1S/C34H50O9/c1-11-14-21(5)39-29-22(6)33(9,17-16-20(4)13-3)27-19-25(38-10)18-26-31(42-28(37)15-12-2)43-32(41-24(8)36)34(26,27)30(29)40-23(7)35/h13,16,18,22,25,27,29-32H,3,5,11-12,14-15,17,19H2,1-2,4,6-10H3/b20-16-/t22-,25+,27+,29-,30+,31+,32-,33-,34-/m1/s1. The van der Waals surface area contributed by atoms with Crippen LogP contribution in [0.3, 0.4) is 0 Å². The van der Waals surface area contributed by atoms with E-state index in [-0.39, 0.29) is 24.4 Å². The number of carbonyl (C=O) groups excluding carboxylic acids is 3. The summed E-state index contributed by atoms with van der Waals surface area (Å²) in [5, 5.41) is 0. The normalized spacial score (nSPS) is 35.1. The number of allylic oxidation sites excluding steroid dienone is 4. The second-order valence-corrected chi connectivity index (χ2v) is 12.3. The Kier molecular flexibility index (Phi) is 11.5. The van der Waals surface area contributed by atoms with Crippen molar-refractivity contribution < 1.29 is 42.8 Å². The van der Waals surface area contributed by atoms with E-state index >= 15 is 0 Å². The Morgan fingerprint density at radius 3 is 2.26 bits per heavy atom. The van der Waals surface area contributed by atoms with Crippen LogP contribution >= 0.6 is 0 Å². The van der Waals surface area contributed by atoms with Crippen molar-refractivity contribution in [1.29, 1.82) is 0 Å². The number of methoxy groups -OCH3 is 1. The lowest BCUT2D eigenvalue weighted by molar-refractivity contribution is -0.278. The summed E-state index contributed by atoms with van der Waals surface area (Å²) in [4.78, 5) is 38.3. The van der Waals surface area contributed by atoms with Gasteiger partial charge in [0.05, 0.1) is 11.9 Å². The third-order valence-electron chi connectivity index (χ3n) is 9.48. The minimum Gasteiger partial charge on any atom is -0.491 e. The Bertz CT molecular complexity index is 1140. The number of rotatable bonds is 13. The monoisotopic (exact) mass is 602 g/mol. The highest BCUT2D eigenvalue weighted by Gasteiger charge is 2.75. The zero-order valence-corrected chi connectivity index (χ0v) is 27.1. The van der Waals surface area contributed by atoms with E-state index in [4.69, 9.17) is 28.4 Å². The fraction of sp³-hybridized carbons (Fsp3) is 0.676. The molecule has 1 aliphatic heterocycles. The minimum atomic E-state index is -1.25. The number of ether oxygens (including phenoxy) is 6. The first-order valence-corrected chi connectivity index (χ1v) is 15.4. The summed E-state index contributed by atoms with van der Waals surface area (Å²) in [6.45, 7) is 20.9. The van der Waals surface area contributed by atoms with Crippen LogP contribution in [0.15, 0.2) is 48.3 Å². The lowest BCUT2D eigenvalue weighted by atomic mass is 9.44. The number of carbonyl (C=O) groups is 3. The maximum Gasteiger partial charge on any atom is 0.308 e. The van der Waals surface area contributed by atoms with Crippen molar-refractivity contribution in [1.82, 2.24) is 0 Å². The first kappa shape index (κ1) is 34.6. The van der Waals surface area contributed by atoms with Gasteiger partial charge < -0.3 is 23.7 Å². The van der Waals surface area contributed by atoms with Gasteiger partial charge in [-0.3, -0.25) is 19.1 Å². The average molecular weight is 603 g/mol. The van der Waals surface area contributed by atoms with Crippen molar-refractivity contribution in [3.05, 3.63) is 48.3 Å². The molecule has 0 aromatic heterocycles. The molecule has 3 aliphatic rings. The van der Waals surface area contributed by atoms with E-state index in [1.54, 1.807) is 13.2 Å². The SMILES string of the molecule is C=C/C(C)=C\C[C@]1(C)[C@H](C)[C@@H](OC(=C)CCC)[C@H](OC(C)=O)[C@@]23C(=C[C@H](OC)C[C@@H]12)[C@@H](OC(=O)CCC)O[C@H]3OC(C)=O. The van der Waals surface area contributed by atoms with Crippen LogP contribution in [0.5, 0.6) is 0 Å². The Hall–Kier alpha value is -2.91. The summed E-state index contributed by atoms with van der Waals surface area (Å²) in [6, 6.07) is 0. The molecule has 1 saturated heterocycles. The minimum absolute atomic E-state index is 0.175. The maximum atomic E-state index is 12.8. The molecule has 1 saturated carbocycles. The molecule has 3 rings (SSSR count). The smallest absolute Gasteiger partial charge is 0.308 e. The Morgan fingerprint density at radius 1 is 1.05 bits per heavy atom. The van der Waals surface area contributed by atoms with Crippen molar-refractivity contribution in [2.75, 3.05) is 7.11 Å². The van der Waals surface area contributed by atoms with Gasteiger partial charge in [-0.1, -0.05) is 58.6 Å². The Balaban J connectivity index is 2.39. The van der Waals surface area contributed by atoms with Crippen molar-refractivity contribution in [2.24, 2.45) is 22.7 Å². The maximum absolute atomic E-state index is 12.8. The van der Waals surface area contributed by atoms with Crippen LogP contribution < -0.4 is 0 Å². The van der Waals surface area contributed by atoms with Gasteiger partial charge in [-0.05, 0) is 50.0 Å². The first-order chi connectivity index (χ1) is 20.3. The summed E-state index contributed by atoms with van der Waals surface area (Å²) in [5.74, 6) is -1.48. The summed E-state index contributed by atoms with van der Waals surface area (Å²) in [5.41, 5.74) is -0.219. The highest BCUT2D eigenvalue weighted by atomic mass is 16.8. The van der Waals surface area contributed by atoms with Crippen LogP contribution in [0.25, 0.3) is 0 Å². The Morgan fingerprint density at radius 2 is 1.70 bits per heavy atom. The molecule has 0 aromatic carbocycles. The zero-order chi connectivity index (χ0) is 32.1. The first-order valence-electron chi connectivity index (χ1n) is 15.4. The topological polar surface area (TPSA) is 107 Å². The molecule has 0 amide bonds. The van der Waals surface area contributed by atoms with Gasteiger partial charge in [-0.15, -0.1) is 0 Å². The van der Waals surface area contributed by atoms with Gasteiger partial charge in [0.15, 0.2) is 6.10 Å². The molecule has 43 heavy (non-hydrogen) atoms. The average Bonchev–Trinajstić information content (AvgIpc) is 3.23. The van der Waals surface area contributed by atoms with E-state index in [1.165, 1.54) is 13.8 Å². The lowest BCUT2D eigenvalue weighted by Gasteiger charge is -2.62. The molecular weight excluding hydrogens is 552 g/mol. The molecule has 0 N–H and O–H groups in total. The third-order valence-corrected chi connectivity index (χ3v) is 9.48. The summed E-state index contributed by atoms with van der Waals surface area (Å²) >= 11 is 0. The molecule has 0 bridgehead atoms. The molecule has 9 heteroatoms. The molecule has 9 atom stereocenters. The molecule has 2 aliphatic carbocycles. The van der Waals surface area contributed by atoms with Crippen LogP contribution in [0.1, 0.15) is 87.0 Å². The predicted octanol–water partition coefficient (Wildman–Crippen LogP) is 6.33. The van der Waals surface area contributed by atoms with Crippen molar-refractivity contribution in [3.8, 4) is 0 Å². The van der Waals surface area contributed by atoms with E-state index in [0.717, 1.165) is 12.0 Å². The van der Waals surface area contributed by atoms with Crippen LogP contribution in [0.2, 0.25) is 0 Å². The fourth-order valence-corrected chi connectivity index (χ4v) is 7.20. The molecule has 240 valence electrons. The molecule has 9 nitrogen and oxygen atoms in total. The van der Waals surface area contributed by atoms with Gasteiger partial charge in [0.1, 0.15) is 11.5 Å². The summed E-state index contributed by atoms with van der Waals surface area (Å²) < 4.78 is 36.9. The highest BCUT2D eigenvalue weighted by Crippen LogP contribution is 2.68. The van der Waals surface area contributed by atoms with E-state index in [9.17, 15) is 14.4 Å². The van der Waals surface area contributed by atoms with E-state index in [0.29, 0.717) is 37.0 Å². The molecule has 2 fully saturated rings. The van der Waals surface area contributed by atoms with Gasteiger partial charge >= 0.3 is 17.9 Å². The number of hydrogen-bond donors (Lipinski definition) is 0. The second-order valence-electron chi connectivity index (χ2n) is 12.3. The van der Waals surface area contributed by atoms with Crippen LogP contribution in [-0.4, -0.2) is 55.9 Å². The van der Waals surface area contributed by atoms with Crippen LogP contribution in [-0.2, 0) is 42.8 Å². The van der Waals surface area contributed by atoms with E-state index < -0.39 is 53.5 Å². The van der Waals surface area contributed by atoms with Crippen LogP contribution in [0, 0.1) is 22.7 Å². The van der Waals surface area contributed by atoms with Crippen molar-refractivity contribution in [3.63, 3.8) is 0 Å². The molecule has 0 aromatic rings. The molecule has 0 radical (unpaired) electrons. The quantitative estimate of drug-likeness (QED) is 0.0786. The highest BCUT2D eigenvalue weighted by molar-refractivity contribution is 5.70. The number of esters is 3. The van der Waals surface area contributed by atoms with Gasteiger partial charge in [-0.2, -0.15) is 0 Å². The summed E-state index contributed by atoms with van der Waals surface area (Å²) in [7, 11) is 1.63. The fourth-order valence-electron chi connectivity index (χ4n) is 7.20. The van der Waals surface area contributed by atoms with Gasteiger partial charge in [0.2, 0.25) is 12.6 Å². The third kappa shape index (κ3) is 6.78. The zero-order valence-electron chi connectivity index (χ0n) is 27.1. The predicted molar refractivity (Wildman–Crippen MR) is 161 cm³/mol. The van der Waals surface area contributed by atoms with E-state index in [1.807, 2.05) is 26.8 Å². The molecule has 0 unspecified atom stereocenters. The van der Waals surface area contributed by atoms with Crippen molar-refractivity contribution in [2.45, 2.75) is 118 Å². The molecule has 1 spiro atoms. The van der Waals surface area contributed by atoms with Crippen molar-refractivity contribution >= 4 is 17.9 Å². The summed E-state index contributed by atoms with van der Waals surface area (Å²) in [6.07, 6.45) is 4.74. The van der Waals surface area contributed by atoms with Gasteiger partial charge in [0.25, 0.3) is 0 Å². The largest absolute Gasteiger partial charge is 0.491 e. The van der Waals surface area contributed by atoms with Crippen LogP contribution in [0.4, 0.5) is 0 Å². The molecular formula is C34H50O9. The lowest BCUT2D eigenvalue weighted by Crippen LogP contribution is -2.69. The number of hydrogen-bond acceptors (Lipinski definition) is 9. The van der Waals surface area contributed by atoms with Gasteiger partial charge in [0, 0.05) is 45.3 Å². The van der Waals surface area contributed by atoms with E-state index in [2.05, 4.69) is 33.1 Å². The van der Waals surface area contributed by atoms with Gasteiger partial charge in [-0.25, -0.2) is 0 Å². The molecule has 1 heterocycles. The Labute approximate surface area is 256 Å².